The zero-order valence-corrected chi connectivity index (χ0v) is 76.1. The fraction of sp³-hybridized carbons (Fsp3) is 0.0312. The maximum absolute atomic E-state index is 2.40. The van der Waals surface area contributed by atoms with E-state index < -0.39 is 0 Å². The van der Waals surface area contributed by atoms with Crippen molar-refractivity contribution in [2.24, 2.45) is 0 Å². The van der Waals surface area contributed by atoms with Crippen molar-refractivity contribution in [1.82, 2.24) is 18.3 Å². The van der Waals surface area contributed by atoms with Crippen molar-refractivity contribution >= 4 is 176 Å². The second kappa shape index (κ2) is 35.9. The maximum Gasteiger partial charge on any atom is 0.0562 e. The molecule has 648 valence electrons. The van der Waals surface area contributed by atoms with Gasteiger partial charge in [-0.15, -0.1) is 0 Å². The molecular formula is C128H96N8. The van der Waals surface area contributed by atoms with Crippen LogP contribution in [0.5, 0.6) is 0 Å². The SMILES string of the molecule is CN(c1ccc(-c2ccccc2)cc1)c1ccc(-n2c3ccccc3c3c4ccccc4ccc32)cc1.CN(c1ccc(-c2ccccc2)cc1)c1ccc2c3c4ccccc4ccc3n(-c3ccccc3)c2c1.CN(c1ccccc1)c1ccc(-n2c3ccccc3c3c4ccccc4ccc32)cc1.CN(c1ccccc1)c1ccc2c3c4ccccc4ccc3n(-c3ccccc3)c2c1. The molecule has 0 saturated carbocycles. The van der Waals surface area contributed by atoms with Crippen molar-refractivity contribution in [3.05, 3.63) is 510 Å². The summed E-state index contributed by atoms with van der Waals surface area (Å²) in [6, 6.07) is 182. The summed E-state index contributed by atoms with van der Waals surface area (Å²) < 4.78 is 9.55. The molecule has 8 heteroatoms. The van der Waals surface area contributed by atoms with Gasteiger partial charge in [-0.25, -0.2) is 0 Å². The predicted molar refractivity (Wildman–Crippen MR) is 582 cm³/mol. The summed E-state index contributed by atoms with van der Waals surface area (Å²) >= 11 is 0. The van der Waals surface area contributed by atoms with Crippen LogP contribution in [-0.4, -0.2) is 46.5 Å². The summed E-state index contributed by atoms with van der Waals surface area (Å²) in [5.74, 6) is 0. The number of hydrogen-bond acceptors (Lipinski definition) is 4. The minimum absolute atomic E-state index is 1.16. The predicted octanol–water partition coefficient (Wildman–Crippen LogP) is 34.2. The molecule has 0 aliphatic heterocycles. The van der Waals surface area contributed by atoms with E-state index in [1.807, 2.05) is 6.07 Å². The van der Waals surface area contributed by atoms with Gasteiger partial charge in [0, 0.05) is 140 Å². The molecule has 0 atom stereocenters. The van der Waals surface area contributed by atoms with E-state index in [4.69, 9.17) is 0 Å². The largest absolute Gasteiger partial charge is 0.345 e. The Kier molecular flexibility index (Phi) is 21.8. The average molecular weight is 1750 g/mol. The summed E-state index contributed by atoms with van der Waals surface area (Å²) in [5.41, 5.74) is 28.8. The van der Waals surface area contributed by atoms with E-state index in [0.29, 0.717) is 0 Å². The molecule has 8 nitrogen and oxygen atoms in total. The van der Waals surface area contributed by atoms with Gasteiger partial charge in [0.2, 0.25) is 0 Å². The lowest BCUT2D eigenvalue weighted by molar-refractivity contribution is 1.16. The van der Waals surface area contributed by atoms with Crippen LogP contribution in [0.4, 0.5) is 45.5 Å². The Bertz CT molecular complexity index is 8860. The van der Waals surface area contributed by atoms with Gasteiger partial charge in [0.25, 0.3) is 0 Å². The van der Waals surface area contributed by atoms with Crippen LogP contribution >= 0.6 is 0 Å². The summed E-state index contributed by atoms with van der Waals surface area (Å²) in [7, 11) is 8.50. The fourth-order valence-electron chi connectivity index (χ4n) is 20.3. The smallest absolute Gasteiger partial charge is 0.0562 e. The average Bonchev–Trinajstić information content (AvgIpc) is 1.57. The van der Waals surface area contributed by atoms with E-state index in [1.165, 1.54) is 192 Å². The van der Waals surface area contributed by atoms with Crippen LogP contribution in [0, 0.1) is 0 Å². The number of benzene rings is 22. The quantitative estimate of drug-likeness (QED) is 0.109. The van der Waals surface area contributed by atoms with Gasteiger partial charge in [0.1, 0.15) is 0 Å². The molecule has 0 fully saturated rings. The van der Waals surface area contributed by atoms with Crippen LogP contribution in [0.25, 0.3) is 175 Å². The van der Waals surface area contributed by atoms with E-state index in [-0.39, 0.29) is 0 Å². The summed E-state index contributed by atoms with van der Waals surface area (Å²) in [6.07, 6.45) is 0. The maximum atomic E-state index is 2.40. The van der Waals surface area contributed by atoms with Gasteiger partial charge in [0.05, 0.1) is 44.1 Å². The zero-order valence-electron chi connectivity index (χ0n) is 76.1. The third-order valence-corrected chi connectivity index (χ3v) is 27.2. The standard InChI is InChI=1S/2C35H26N2.2C29H22N2/c1-36(28-19-16-26(17-20-28)25-10-4-2-5-11-25)30-21-22-32-34(24-30)37(29-13-6-3-7-14-29)33-23-18-27-12-8-9-15-31(27)35(32)33;1-36(28-18-15-26(16-19-28)25-9-3-2-4-10-25)29-20-22-30(23-21-29)37-33-14-8-7-13-32(33)35-31-12-6-5-11-27(31)17-24-34(35)37;1-30(22-11-4-2-5-12-22)24-17-18-26-28(20-24)31(23-13-6-3-7-14-23)27-19-16-21-10-8-9-15-25(21)29(26)27;1-30(22-10-3-2-4-11-22)23-16-18-24(19-17-23)31-27-14-8-7-13-26(27)29-25-12-6-5-9-21(25)15-20-28(29)31/h2*2-24H,1H3;2*2-20H,1H3. The Morgan fingerprint density at radius 2 is 0.338 bits per heavy atom. The van der Waals surface area contributed by atoms with E-state index in [0.717, 1.165) is 28.4 Å². The van der Waals surface area contributed by atoms with Crippen molar-refractivity contribution in [3.63, 3.8) is 0 Å². The normalized spacial score (nSPS) is 11.4. The van der Waals surface area contributed by atoms with E-state index in [9.17, 15) is 0 Å². The molecule has 0 amide bonds. The number of rotatable bonds is 14. The fourth-order valence-corrected chi connectivity index (χ4v) is 20.3. The Labute approximate surface area is 791 Å². The van der Waals surface area contributed by atoms with Gasteiger partial charge in [-0.2, -0.15) is 0 Å². The molecule has 136 heavy (non-hydrogen) atoms. The minimum Gasteiger partial charge on any atom is -0.345 e. The van der Waals surface area contributed by atoms with Gasteiger partial charge in [-0.05, 0) is 247 Å². The molecule has 0 radical (unpaired) electrons. The first kappa shape index (κ1) is 82.7. The highest BCUT2D eigenvalue weighted by Crippen LogP contribution is 2.45. The molecule has 0 aliphatic carbocycles. The highest BCUT2D eigenvalue weighted by atomic mass is 15.1. The Morgan fingerprint density at radius 3 is 0.647 bits per heavy atom. The zero-order chi connectivity index (χ0) is 91.1. The number of para-hydroxylation sites is 6. The molecule has 0 unspecified atom stereocenters. The number of nitrogens with zero attached hydrogens (tertiary/aromatic N) is 8. The molecule has 4 heterocycles. The Hall–Kier alpha value is -17.7. The first-order chi connectivity index (χ1) is 67.2. The van der Waals surface area contributed by atoms with Crippen molar-refractivity contribution in [2.75, 3.05) is 47.8 Å². The minimum atomic E-state index is 1.16. The molecule has 0 bridgehead atoms. The van der Waals surface area contributed by atoms with E-state index in [1.54, 1.807) is 0 Å². The van der Waals surface area contributed by atoms with Gasteiger partial charge in [0.15, 0.2) is 0 Å². The second-order valence-electron chi connectivity index (χ2n) is 34.9. The number of aromatic nitrogens is 4. The lowest BCUT2D eigenvalue weighted by Gasteiger charge is -2.20. The van der Waals surface area contributed by atoms with Gasteiger partial charge in [-0.3, -0.25) is 0 Å². The number of hydrogen-bond donors (Lipinski definition) is 0. The number of fused-ring (bicyclic) bond motifs is 20. The third-order valence-electron chi connectivity index (χ3n) is 27.2. The van der Waals surface area contributed by atoms with E-state index >= 15 is 0 Å². The highest BCUT2D eigenvalue weighted by molar-refractivity contribution is 6.25. The molecule has 0 saturated heterocycles. The van der Waals surface area contributed by atoms with E-state index in [2.05, 4.69) is 570 Å². The molecule has 0 spiro atoms. The van der Waals surface area contributed by atoms with Crippen LogP contribution in [0.1, 0.15) is 0 Å². The van der Waals surface area contributed by atoms with Crippen LogP contribution < -0.4 is 19.6 Å². The molecule has 22 aromatic carbocycles. The summed E-state index contributed by atoms with van der Waals surface area (Å²) in [6.45, 7) is 0. The van der Waals surface area contributed by atoms with Crippen molar-refractivity contribution in [2.45, 2.75) is 0 Å². The van der Waals surface area contributed by atoms with Crippen molar-refractivity contribution in [1.29, 1.82) is 0 Å². The van der Waals surface area contributed by atoms with Crippen LogP contribution in [0.15, 0.2) is 510 Å². The molecule has 26 aromatic rings. The Balaban J connectivity index is 0.000000102. The molecule has 0 N–H and O–H groups in total. The summed E-state index contributed by atoms with van der Waals surface area (Å²) in [4.78, 5) is 8.95. The lowest BCUT2D eigenvalue weighted by Crippen LogP contribution is -2.09. The van der Waals surface area contributed by atoms with Gasteiger partial charge in [-0.1, -0.05) is 328 Å². The van der Waals surface area contributed by atoms with Gasteiger partial charge < -0.3 is 37.9 Å². The van der Waals surface area contributed by atoms with Crippen LogP contribution in [0.3, 0.4) is 0 Å². The molecule has 26 rings (SSSR count). The van der Waals surface area contributed by atoms with Gasteiger partial charge >= 0.3 is 0 Å². The first-order valence-corrected chi connectivity index (χ1v) is 46.6. The third kappa shape index (κ3) is 15.3. The lowest BCUT2D eigenvalue weighted by atomic mass is 10.0. The monoisotopic (exact) mass is 1740 g/mol. The Morgan fingerprint density at radius 1 is 0.132 bits per heavy atom. The molecular weight excluding hydrogens is 1650 g/mol. The molecule has 0 aliphatic rings. The second-order valence-corrected chi connectivity index (χ2v) is 34.9. The molecule has 4 aromatic heterocycles. The summed E-state index contributed by atoms with van der Waals surface area (Å²) in [5, 5.41) is 20.6. The number of anilines is 8. The van der Waals surface area contributed by atoms with Crippen LogP contribution in [-0.2, 0) is 0 Å². The van der Waals surface area contributed by atoms with Crippen molar-refractivity contribution in [3.8, 4) is 45.0 Å². The van der Waals surface area contributed by atoms with Crippen LogP contribution in [0.2, 0.25) is 0 Å². The topological polar surface area (TPSA) is 32.7 Å². The first-order valence-electron chi connectivity index (χ1n) is 46.6. The van der Waals surface area contributed by atoms with Crippen molar-refractivity contribution < 1.29 is 0 Å². The highest BCUT2D eigenvalue weighted by Gasteiger charge is 2.23.